The number of rotatable bonds is 13. The Morgan fingerprint density at radius 1 is 0.912 bits per heavy atom. The van der Waals surface area contributed by atoms with Gasteiger partial charge in [-0.1, -0.05) is 20.3 Å². The molecule has 3 amide bonds. The van der Waals surface area contributed by atoms with Crippen LogP contribution < -0.4 is 21.7 Å². The molecule has 8 N–H and O–H groups in total. The molecule has 0 aliphatic heterocycles. The Bertz CT molecular complexity index is 947. The molecule has 13 heteroatoms. The first-order valence-electron chi connectivity index (χ1n) is 11.0. The van der Waals surface area contributed by atoms with Crippen molar-refractivity contribution in [1.82, 2.24) is 35.9 Å². The number of aliphatic carboxylic acids is 1. The van der Waals surface area contributed by atoms with Gasteiger partial charge in [-0.3, -0.25) is 14.4 Å². The number of carbonyl (C=O) groups excluding carboxylic acids is 3. The third-order valence-electron chi connectivity index (χ3n) is 5.52. The Morgan fingerprint density at radius 3 is 1.91 bits per heavy atom. The van der Waals surface area contributed by atoms with Crippen LogP contribution in [-0.2, 0) is 32.0 Å². The fourth-order valence-electron chi connectivity index (χ4n) is 3.10. The van der Waals surface area contributed by atoms with Gasteiger partial charge in [0.15, 0.2) is 0 Å². The summed E-state index contributed by atoms with van der Waals surface area (Å²) in [4.78, 5) is 63.0. The summed E-state index contributed by atoms with van der Waals surface area (Å²) in [6.45, 7) is 5.16. The standard InChI is InChI=1S/C21H32N8O5/c1-4-11(2)17(22)20(32)28-15(5-13-7-23-9-25-13)19(31)27-12(3)18(30)29-16(21(33)34)6-14-8-24-10-26-14/h7-12,15-17H,4-6,22H2,1-3H3,(H,23,25)(H,24,26)(H,27,31)(H,28,32)(H,29,30)(H,33,34). The smallest absolute Gasteiger partial charge is 0.326 e. The highest BCUT2D eigenvalue weighted by atomic mass is 16.4. The maximum atomic E-state index is 12.9. The largest absolute Gasteiger partial charge is 0.480 e. The van der Waals surface area contributed by atoms with Crippen molar-refractivity contribution in [2.45, 2.75) is 64.2 Å². The van der Waals surface area contributed by atoms with Crippen LogP contribution in [0.4, 0.5) is 0 Å². The van der Waals surface area contributed by atoms with Crippen LogP contribution in [0.5, 0.6) is 0 Å². The van der Waals surface area contributed by atoms with Crippen molar-refractivity contribution in [3.63, 3.8) is 0 Å². The van der Waals surface area contributed by atoms with E-state index in [1.54, 1.807) is 0 Å². The second kappa shape index (κ2) is 12.5. The maximum absolute atomic E-state index is 12.9. The van der Waals surface area contributed by atoms with Gasteiger partial charge in [0.05, 0.1) is 18.7 Å². The molecule has 0 saturated carbocycles. The number of H-pyrrole nitrogens is 2. The molecule has 186 valence electrons. The first kappa shape index (κ1) is 26.5. The Labute approximate surface area is 196 Å². The van der Waals surface area contributed by atoms with Gasteiger partial charge >= 0.3 is 5.97 Å². The lowest BCUT2D eigenvalue weighted by Gasteiger charge is -2.24. The highest BCUT2D eigenvalue weighted by Gasteiger charge is 2.30. The molecule has 5 atom stereocenters. The van der Waals surface area contributed by atoms with E-state index in [0.29, 0.717) is 17.8 Å². The lowest BCUT2D eigenvalue weighted by molar-refractivity contribution is -0.142. The number of aromatic amines is 2. The summed E-state index contributed by atoms with van der Waals surface area (Å²) in [5, 5.41) is 17.0. The molecule has 0 bridgehead atoms. The summed E-state index contributed by atoms with van der Waals surface area (Å²) in [7, 11) is 0. The van der Waals surface area contributed by atoms with E-state index in [2.05, 4.69) is 35.9 Å². The summed E-state index contributed by atoms with van der Waals surface area (Å²) < 4.78 is 0. The Hall–Kier alpha value is -3.74. The number of imidazole rings is 2. The van der Waals surface area contributed by atoms with Crippen LogP contribution in [0.1, 0.15) is 38.6 Å². The molecule has 5 unspecified atom stereocenters. The van der Waals surface area contributed by atoms with E-state index in [1.807, 2.05) is 13.8 Å². The monoisotopic (exact) mass is 476 g/mol. The predicted octanol–water partition coefficient (Wildman–Crippen LogP) is -1.15. The molecular weight excluding hydrogens is 444 g/mol. The van der Waals surface area contributed by atoms with E-state index in [-0.39, 0.29) is 18.8 Å². The fourth-order valence-corrected chi connectivity index (χ4v) is 3.10. The highest BCUT2D eigenvalue weighted by molar-refractivity contribution is 5.94. The molecule has 0 spiro atoms. The zero-order valence-electron chi connectivity index (χ0n) is 19.4. The van der Waals surface area contributed by atoms with Gasteiger partial charge in [-0.05, 0) is 12.8 Å². The molecule has 2 heterocycles. The summed E-state index contributed by atoms with van der Waals surface area (Å²) in [5.41, 5.74) is 7.12. The minimum atomic E-state index is -1.23. The number of nitrogens with zero attached hydrogens (tertiary/aromatic N) is 2. The number of nitrogens with two attached hydrogens (primary N) is 1. The van der Waals surface area contributed by atoms with E-state index in [0.717, 1.165) is 0 Å². The van der Waals surface area contributed by atoms with Crippen molar-refractivity contribution in [3.05, 3.63) is 36.4 Å². The number of hydrogen-bond donors (Lipinski definition) is 7. The first-order chi connectivity index (χ1) is 16.1. The van der Waals surface area contributed by atoms with Crippen molar-refractivity contribution in [2.24, 2.45) is 11.7 Å². The van der Waals surface area contributed by atoms with Crippen molar-refractivity contribution >= 4 is 23.7 Å². The Balaban J connectivity index is 2.04. The first-order valence-corrected chi connectivity index (χ1v) is 11.0. The average molecular weight is 477 g/mol. The van der Waals surface area contributed by atoms with Crippen molar-refractivity contribution in [3.8, 4) is 0 Å². The number of hydrogen-bond acceptors (Lipinski definition) is 7. The third kappa shape index (κ3) is 7.69. The van der Waals surface area contributed by atoms with Gasteiger partial charge in [0.2, 0.25) is 17.7 Å². The molecule has 0 aliphatic carbocycles. The molecule has 0 fully saturated rings. The summed E-state index contributed by atoms with van der Waals surface area (Å²) in [6, 6.07) is -4.12. The number of carboxylic acids is 1. The van der Waals surface area contributed by atoms with E-state index in [9.17, 15) is 24.3 Å². The molecule has 0 saturated heterocycles. The van der Waals surface area contributed by atoms with Crippen molar-refractivity contribution < 1.29 is 24.3 Å². The van der Waals surface area contributed by atoms with Crippen LogP contribution in [0.25, 0.3) is 0 Å². The van der Waals surface area contributed by atoms with Crippen LogP contribution >= 0.6 is 0 Å². The zero-order valence-corrected chi connectivity index (χ0v) is 19.4. The predicted molar refractivity (Wildman–Crippen MR) is 121 cm³/mol. The minimum Gasteiger partial charge on any atom is -0.480 e. The SMILES string of the molecule is CCC(C)C(N)C(=O)NC(Cc1cnc[nH]1)C(=O)NC(C)C(=O)NC(Cc1cnc[nH]1)C(=O)O. The van der Waals surface area contributed by atoms with E-state index >= 15 is 0 Å². The van der Waals surface area contributed by atoms with Gasteiger partial charge in [-0.25, -0.2) is 14.8 Å². The van der Waals surface area contributed by atoms with Crippen molar-refractivity contribution in [2.75, 3.05) is 0 Å². The van der Waals surface area contributed by atoms with Crippen LogP contribution in [0.2, 0.25) is 0 Å². The Kier molecular flexibility index (Phi) is 9.74. The van der Waals surface area contributed by atoms with E-state index in [1.165, 1.54) is 32.0 Å². The summed E-state index contributed by atoms with van der Waals surface area (Å²) >= 11 is 0. The van der Waals surface area contributed by atoms with Gasteiger partial charge in [-0.15, -0.1) is 0 Å². The quantitative estimate of drug-likeness (QED) is 0.187. The van der Waals surface area contributed by atoms with E-state index < -0.39 is 47.9 Å². The highest BCUT2D eigenvalue weighted by Crippen LogP contribution is 2.07. The van der Waals surface area contributed by atoms with Crippen molar-refractivity contribution in [1.29, 1.82) is 0 Å². The number of carboxylic acid groups (broad SMARTS) is 1. The van der Waals surface area contributed by atoms with Crippen LogP contribution in [0.15, 0.2) is 25.0 Å². The number of nitrogens with one attached hydrogen (secondary N) is 5. The fraction of sp³-hybridized carbons (Fsp3) is 0.524. The molecule has 2 aromatic rings. The van der Waals surface area contributed by atoms with Gasteiger partial charge in [0, 0.05) is 36.6 Å². The Morgan fingerprint density at radius 2 is 1.44 bits per heavy atom. The molecule has 13 nitrogen and oxygen atoms in total. The van der Waals surface area contributed by atoms with Gasteiger partial charge in [-0.2, -0.15) is 0 Å². The molecule has 2 aromatic heterocycles. The van der Waals surface area contributed by atoms with Crippen LogP contribution in [0, 0.1) is 5.92 Å². The molecule has 2 rings (SSSR count). The second-order valence-electron chi connectivity index (χ2n) is 8.16. The van der Waals surface area contributed by atoms with Gasteiger partial charge < -0.3 is 36.8 Å². The van der Waals surface area contributed by atoms with Gasteiger partial charge in [0.25, 0.3) is 0 Å². The number of aromatic nitrogens is 4. The number of amides is 3. The average Bonchev–Trinajstić information content (AvgIpc) is 3.51. The summed E-state index contributed by atoms with van der Waals surface area (Å²) in [6.07, 6.45) is 6.60. The van der Waals surface area contributed by atoms with Crippen LogP contribution in [0.3, 0.4) is 0 Å². The second-order valence-corrected chi connectivity index (χ2v) is 8.16. The summed E-state index contributed by atoms with van der Waals surface area (Å²) in [5.74, 6) is -3.13. The molecule has 0 aromatic carbocycles. The normalized spacial score (nSPS) is 15.4. The van der Waals surface area contributed by atoms with Gasteiger partial charge in [0.1, 0.15) is 18.1 Å². The van der Waals surface area contributed by atoms with Crippen LogP contribution in [-0.4, -0.2) is 72.9 Å². The molecule has 0 radical (unpaired) electrons. The van der Waals surface area contributed by atoms with E-state index in [4.69, 9.17) is 5.73 Å². The lowest BCUT2D eigenvalue weighted by atomic mass is 9.98. The zero-order chi connectivity index (χ0) is 25.3. The number of carbonyl (C=O) groups is 4. The lowest BCUT2D eigenvalue weighted by Crippen LogP contribution is -2.57. The molecule has 0 aliphatic rings. The topological polar surface area (TPSA) is 208 Å². The molecule has 34 heavy (non-hydrogen) atoms. The third-order valence-corrected chi connectivity index (χ3v) is 5.52. The maximum Gasteiger partial charge on any atom is 0.326 e. The molecular formula is C21H32N8O5. The minimum absolute atomic E-state index is 0.00620.